The topological polar surface area (TPSA) is 61.0 Å². The highest BCUT2D eigenvalue weighted by Gasteiger charge is 2.26. The van der Waals surface area contributed by atoms with E-state index in [1.165, 1.54) is 12.8 Å². The van der Waals surface area contributed by atoms with Crippen LogP contribution >= 0.6 is 0 Å². The fourth-order valence-electron chi connectivity index (χ4n) is 4.42. The van der Waals surface area contributed by atoms with Crippen molar-refractivity contribution in [2.75, 3.05) is 26.3 Å². The molecular formula is C28H40N2O4. The monoisotopic (exact) mass is 468 g/mol. The molecule has 2 heterocycles. The van der Waals surface area contributed by atoms with Crippen LogP contribution in [0.2, 0.25) is 0 Å². The summed E-state index contributed by atoms with van der Waals surface area (Å²) in [7, 11) is 0. The van der Waals surface area contributed by atoms with E-state index >= 15 is 0 Å². The Bertz CT molecular complexity index is 855. The molecule has 2 atom stereocenters. The van der Waals surface area contributed by atoms with Gasteiger partial charge in [0.15, 0.2) is 23.0 Å². The first-order valence-corrected chi connectivity index (χ1v) is 12.6. The minimum atomic E-state index is 0.0373. The number of fused-ring (bicyclic) bond motifs is 2. The predicted octanol–water partition coefficient (Wildman–Crippen LogP) is 4.96. The van der Waals surface area contributed by atoms with Crippen LogP contribution in [0.15, 0.2) is 48.5 Å². The summed E-state index contributed by atoms with van der Waals surface area (Å²) in [5.74, 6) is 3.34. The van der Waals surface area contributed by atoms with Gasteiger partial charge in [0.2, 0.25) is 0 Å². The van der Waals surface area contributed by atoms with E-state index in [-0.39, 0.29) is 23.3 Å². The van der Waals surface area contributed by atoms with Gasteiger partial charge >= 0.3 is 0 Å². The van der Waals surface area contributed by atoms with Crippen molar-refractivity contribution in [1.29, 1.82) is 0 Å². The summed E-state index contributed by atoms with van der Waals surface area (Å²) in [6, 6.07) is 15.7. The van der Waals surface area contributed by atoms with Gasteiger partial charge in [0.25, 0.3) is 0 Å². The van der Waals surface area contributed by atoms with Gasteiger partial charge in [0.05, 0.1) is 0 Å². The van der Waals surface area contributed by atoms with Crippen LogP contribution in [0, 0.1) is 0 Å². The normalized spacial score (nSPS) is 19.6. The van der Waals surface area contributed by atoms with Gasteiger partial charge in [-0.25, -0.2) is 0 Å². The van der Waals surface area contributed by atoms with Crippen LogP contribution in [0.4, 0.5) is 0 Å². The summed E-state index contributed by atoms with van der Waals surface area (Å²) in [5.41, 5.74) is 0.108. The van der Waals surface area contributed by atoms with Crippen LogP contribution in [0.1, 0.15) is 53.4 Å². The van der Waals surface area contributed by atoms with Gasteiger partial charge in [-0.15, -0.1) is 0 Å². The lowest BCUT2D eigenvalue weighted by Crippen LogP contribution is -2.48. The zero-order valence-corrected chi connectivity index (χ0v) is 21.1. The Kier molecular flexibility index (Phi) is 7.89. The van der Waals surface area contributed by atoms with Crippen molar-refractivity contribution in [3.05, 3.63) is 48.5 Å². The molecule has 2 aromatic rings. The molecule has 4 rings (SSSR count). The molecule has 34 heavy (non-hydrogen) atoms. The molecule has 0 aliphatic carbocycles. The summed E-state index contributed by atoms with van der Waals surface area (Å²) in [6.07, 6.45) is 4.65. The molecule has 2 aliphatic heterocycles. The van der Waals surface area contributed by atoms with E-state index in [2.05, 4.69) is 38.3 Å². The lowest BCUT2D eigenvalue weighted by Gasteiger charge is -2.33. The molecule has 0 saturated heterocycles. The lowest BCUT2D eigenvalue weighted by atomic mass is 9.92. The van der Waals surface area contributed by atoms with Crippen molar-refractivity contribution in [2.45, 2.75) is 76.7 Å². The third kappa shape index (κ3) is 7.03. The number of unbranched alkanes of at least 4 members (excludes halogenated alkanes) is 1. The highest BCUT2D eigenvalue weighted by Crippen LogP contribution is 2.32. The molecule has 0 amide bonds. The van der Waals surface area contributed by atoms with Crippen LogP contribution in [-0.2, 0) is 0 Å². The molecule has 0 fully saturated rings. The fourth-order valence-corrected chi connectivity index (χ4v) is 4.42. The second-order valence-electron chi connectivity index (χ2n) is 10.7. The van der Waals surface area contributed by atoms with E-state index in [1.54, 1.807) is 0 Å². The lowest BCUT2D eigenvalue weighted by molar-refractivity contribution is 0.0828. The first-order chi connectivity index (χ1) is 16.3. The summed E-state index contributed by atoms with van der Waals surface area (Å²) >= 11 is 0. The predicted molar refractivity (Wildman–Crippen MR) is 135 cm³/mol. The third-order valence-corrected chi connectivity index (χ3v) is 6.61. The molecule has 0 saturated carbocycles. The minimum Gasteiger partial charge on any atom is -0.486 e. The molecule has 0 spiro atoms. The molecule has 186 valence electrons. The molecule has 0 bridgehead atoms. The molecule has 2 N–H and O–H groups in total. The van der Waals surface area contributed by atoms with E-state index < -0.39 is 0 Å². The Morgan fingerprint density at radius 2 is 1.03 bits per heavy atom. The van der Waals surface area contributed by atoms with Gasteiger partial charge in [-0.2, -0.15) is 0 Å². The average Bonchev–Trinajstić information content (AvgIpc) is 2.84. The Morgan fingerprint density at radius 3 is 1.44 bits per heavy atom. The molecular weight excluding hydrogens is 428 g/mol. The fraction of sp³-hybridized carbons (Fsp3) is 0.571. The molecule has 0 unspecified atom stereocenters. The maximum Gasteiger partial charge on any atom is 0.161 e. The number of hydrogen-bond acceptors (Lipinski definition) is 6. The average molecular weight is 469 g/mol. The van der Waals surface area contributed by atoms with Crippen molar-refractivity contribution >= 4 is 0 Å². The van der Waals surface area contributed by atoms with E-state index in [4.69, 9.17) is 18.9 Å². The Balaban J connectivity index is 1.11. The standard InChI is InChI=1S/C28H40N2O4/c1-27(2,29-17-21-19-31-23-11-5-7-13-25(23)33-21)15-9-10-16-28(3,4)30-18-22-20-32-24-12-6-8-14-26(24)34-22/h5-8,11-14,21-22,29-30H,9-10,15-20H2,1-4H3/t21-,22-/m0/s1. The maximum atomic E-state index is 6.08. The number of nitrogens with one attached hydrogen (secondary N) is 2. The highest BCUT2D eigenvalue weighted by molar-refractivity contribution is 5.41. The van der Waals surface area contributed by atoms with E-state index in [0.29, 0.717) is 13.2 Å². The Morgan fingerprint density at radius 1 is 0.647 bits per heavy atom. The van der Waals surface area contributed by atoms with Crippen LogP contribution in [0.25, 0.3) is 0 Å². The third-order valence-electron chi connectivity index (χ3n) is 6.61. The summed E-state index contributed by atoms with van der Waals surface area (Å²) in [6.45, 7) is 11.8. The highest BCUT2D eigenvalue weighted by atomic mass is 16.6. The second kappa shape index (κ2) is 10.9. The van der Waals surface area contributed by atoms with Crippen LogP contribution in [-0.4, -0.2) is 49.6 Å². The smallest absolute Gasteiger partial charge is 0.161 e. The van der Waals surface area contributed by atoms with Crippen molar-refractivity contribution in [3.8, 4) is 23.0 Å². The summed E-state index contributed by atoms with van der Waals surface area (Å²) in [5, 5.41) is 7.36. The molecule has 6 nitrogen and oxygen atoms in total. The van der Waals surface area contributed by atoms with E-state index in [1.807, 2.05) is 48.5 Å². The maximum absolute atomic E-state index is 6.08. The number of hydrogen-bond donors (Lipinski definition) is 2. The van der Waals surface area contributed by atoms with Gasteiger partial charge in [-0.3, -0.25) is 0 Å². The Labute approximate surface area is 204 Å². The van der Waals surface area contributed by atoms with Gasteiger partial charge in [-0.1, -0.05) is 37.1 Å². The Hall–Kier alpha value is -2.44. The van der Waals surface area contributed by atoms with E-state index in [0.717, 1.165) is 48.9 Å². The van der Waals surface area contributed by atoms with Gasteiger partial charge in [-0.05, 0) is 64.8 Å². The van der Waals surface area contributed by atoms with Crippen molar-refractivity contribution in [2.24, 2.45) is 0 Å². The van der Waals surface area contributed by atoms with Crippen molar-refractivity contribution in [3.63, 3.8) is 0 Å². The van der Waals surface area contributed by atoms with Crippen LogP contribution in [0.5, 0.6) is 23.0 Å². The van der Waals surface area contributed by atoms with E-state index in [9.17, 15) is 0 Å². The quantitative estimate of drug-likeness (QED) is 0.455. The molecule has 0 aromatic heterocycles. The van der Waals surface area contributed by atoms with Crippen molar-refractivity contribution in [1.82, 2.24) is 10.6 Å². The van der Waals surface area contributed by atoms with Gasteiger partial charge < -0.3 is 29.6 Å². The summed E-state index contributed by atoms with van der Waals surface area (Å²) in [4.78, 5) is 0. The second-order valence-corrected chi connectivity index (χ2v) is 10.7. The molecule has 0 radical (unpaired) electrons. The first kappa shape index (κ1) is 24.7. The molecule has 2 aliphatic rings. The largest absolute Gasteiger partial charge is 0.486 e. The number of benzene rings is 2. The number of para-hydroxylation sites is 4. The minimum absolute atomic E-state index is 0.0373. The van der Waals surface area contributed by atoms with Crippen LogP contribution in [0.3, 0.4) is 0 Å². The SMILES string of the molecule is CC(C)(CCCCC(C)(C)NC[C@H]1COc2ccccc2O1)NC[C@H]1COc2ccccc2O1. The van der Waals surface area contributed by atoms with Gasteiger partial charge in [0, 0.05) is 24.2 Å². The number of ether oxygens (including phenoxy) is 4. The summed E-state index contributed by atoms with van der Waals surface area (Å²) < 4.78 is 23.8. The van der Waals surface area contributed by atoms with Gasteiger partial charge in [0.1, 0.15) is 25.4 Å². The molecule has 6 heteroatoms. The zero-order valence-electron chi connectivity index (χ0n) is 21.1. The zero-order chi connectivity index (χ0) is 24.0. The first-order valence-electron chi connectivity index (χ1n) is 12.6. The number of rotatable bonds is 11. The van der Waals surface area contributed by atoms with Crippen molar-refractivity contribution < 1.29 is 18.9 Å². The van der Waals surface area contributed by atoms with Crippen LogP contribution < -0.4 is 29.6 Å². The molecule has 2 aromatic carbocycles.